The van der Waals surface area contributed by atoms with Gasteiger partial charge in [0.25, 0.3) is 10.2 Å². The lowest BCUT2D eigenvalue weighted by Crippen LogP contribution is -2.40. The van der Waals surface area contributed by atoms with Crippen LogP contribution in [0.4, 0.5) is 0 Å². The van der Waals surface area contributed by atoms with Crippen LogP contribution in [0.25, 0.3) is 0 Å². The number of nitrogens with zero attached hydrogens (tertiary/aromatic N) is 1. The maximum Gasteiger partial charge on any atom is 0.279 e. The summed E-state index contributed by atoms with van der Waals surface area (Å²) in [6.07, 6.45) is 0.917. The minimum absolute atomic E-state index is 0.118. The highest BCUT2D eigenvalue weighted by Crippen LogP contribution is 1.95. The van der Waals surface area contributed by atoms with Crippen molar-refractivity contribution in [3.05, 3.63) is 0 Å². The second-order valence-electron chi connectivity index (χ2n) is 4.35. The van der Waals surface area contributed by atoms with Crippen molar-refractivity contribution in [3.63, 3.8) is 0 Å². The monoisotopic (exact) mass is 281 g/mol. The van der Waals surface area contributed by atoms with Crippen molar-refractivity contribution in [1.82, 2.24) is 14.3 Å². The fourth-order valence-electron chi connectivity index (χ4n) is 1.30. The van der Waals surface area contributed by atoms with E-state index in [-0.39, 0.29) is 6.10 Å². The Balaban J connectivity index is 3.82. The van der Waals surface area contributed by atoms with Crippen molar-refractivity contribution in [1.29, 1.82) is 0 Å². The van der Waals surface area contributed by atoms with E-state index < -0.39 is 10.2 Å². The summed E-state index contributed by atoms with van der Waals surface area (Å²) in [7, 11) is -1.79. The molecule has 0 aromatic carbocycles. The summed E-state index contributed by atoms with van der Waals surface area (Å²) in [5, 5.41) is 3.16. The minimum atomic E-state index is -3.37. The van der Waals surface area contributed by atoms with Gasteiger partial charge in [0.05, 0.1) is 12.7 Å². The summed E-state index contributed by atoms with van der Waals surface area (Å²) in [4.78, 5) is 0. The van der Waals surface area contributed by atoms with E-state index in [4.69, 9.17) is 4.74 Å². The number of ether oxygens (including phenoxy) is 1. The molecule has 110 valence electrons. The maximum atomic E-state index is 11.8. The molecule has 0 atom stereocenters. The van der Waals surface area contributed by atoms with Crippen LogP contribution in [-0.4, -0.2) is 58.7 Å². The van der Waals surface area contributed by atoms with E-state index >= 15 is 0 Å². The zero-order valence-electron chi connectivity index (χ0n) is 11.9. The third-order valence-electron chi connectivity index (χ3n) is 2.32. The molecule has 7 heteroatoms. The van der Waals surface area contributed by atoms with Crippen molar-refractivity contribution < 1.29 is 13.2 Å². The third-order valence-corrected chi connectivity index (χ3v) is 3.90. The summed E-state index contributed by atoms with van der Waals surface area (Å²) in [5.74, 6) is 0. The Bertz CT molecular complexity index is 294. The molecule has 0 amide bonds. The van der Waals surface area contributed by atoms with Crippen molar-refractivity contribution in [2.45, 2.75) is 33.3 Å². The molecule has 0 spiro atoms. The zero-order chi connectivity index (χ0) is 14.0. The van der Waals surface area contributed by atoms with Gasteiger partial charge in [-0.15, -0.1) is 0 Å². The van der Waals surface area contributed by atoms with E-state index in [0.717, 1.165) is 19.5 Å². The highest BCUT2D eigenvalue weighted by atomic mass is 32.2. The molecule has 6 nitrogen and oxygen atoms in total. The highest BCUT2D eigenvalue weighted by Gasteiger charge is 2.15. The highest BCUT2D eigenvalue weighted by molar-refractivity contribution is 7.87. The van der Waals surface area contributed by atoms with Crippen LogP contribution in [0, 0.1) is 0 Å². The van der Waals surface area contributed by atoms with E-state index in [2.05, 4.69) is 10.0 Å². The molecule has 0 unspecified atom stereocenters. The Labute approximate surface area is 111 Å². The smallest absolute Gasteiger partial charge is 0.279 e. The van der Waals surface area contributed by atoms with Gasteiger partial charge in [-0.1, -0.05) is 6.92 Å². The Morgan fingerprint density at radius 3 is 2.50 bits per heavy atom. The SMILES string of the molecule is CCNCCCN(C)S(=O)(=O)NCCOC(C)C. The molecule has 18 heavy (non-hydrogen) atoms. The first kappa shape index (κ1) is 17.8. The van der Waals surface area contributed by atoms with Crippen molar-refractivity contribution >= 4 is 10.2 Å². The topological polar surface area (TPSA) is 70.7 Å². The van der Waals surface area contributed by atoms with Crippen LogP contribution in [0.1, 0.15) is 27.2 Å². The Kier molecular flexibility index (Phi) is 9.57. The summed E-state index contributed by atoms with van der Waals surface area (Å²) >= 11 is 0. The first-order valence-corrected chi connectivity index (χ1v) is 7.87. The number of hydrogen-bond donors (Lipinski definition) is 2. The molecule has 0 aromatic rings. The van der Waals surface area contributed by atoms with Crippen LogP contribution in [0.15, 0.2) is 0 Å². The van der Waals surface area contributed by atoms with E-state index in [9.17, 15) is 8.42 Å². The van der Waals surface area contributed by atoms with Gasteiger partial charge >= 0.3 is 0 Å². The van der Waals surface area contributed by atoms with Crippen LogP contribution >= 0.6 is 0 Å². The summed E-state index contributed by atoms with van der Waals surface area (Å²) in [6.45, 7) is 8.79. The molecule has 0 aliphatic carbocycles. The summed E-state index contributed by atoms with van der Waals surface area (Å²) in [5.41, 5.74) is 0. The van der Waals surface area contributed by atoms with E-state index in [1.807, 2.05) is 20.8 Å². The second-order valence-corrected chi connectivity index (χ2v) is 6.21. The van der Waals surface area contributed by atoms with Crippen LogP contribution in [-0.2, 0) is 14.9 Å². The predicted octanol–water partition coefficient (Wildman–Crippen LogP) is 0.177. The number of rotatable bonds is 11. The summed E-state index contributed by atoms with van der Waals surface area (Å²) in [6, 6.07) is 0. The van der Waals surface area contributed by atoms with Gasteiger partial charge in [-0.3, -0.25) is 0 Å². The largest absolute Gasteiger partial charge is 0.377 e. The fourth-order valence-corrected chi connectivity index (χ4v) is 2.23. The first-order chi connectivity index (χ1) is 8.40. The van der Waals surface area contributed by atoms with E-state index in [0.29, 0.717) is 19.7 Å². The van der Waals surface area contributed by atoms with Gasteiger partial charge in [-0.05, 0) is 33.4 Å². The average Bonchev–Trinajstić information content (AvgIpc) is 2.30. The molecular formula is C11H27N3O3S. The lowest BCUT2D eigenvalue weighted by Gasteiger charge is -2.18. The van der Waals surface area contributed by atoms with Gasteiger partial charge in [0, 0.05) is 20.1 Å². The minimum Gasteiger partial charge on any atom is -0.377 e. The van der Waals surface area contributed by atoms with Crippen LogP contribution < -0.4 is 10.0 Å². The molecule has 0 aromatic heterocycles. The normalized spacial score (nSPS) is 12.6. The van der Waals surface area contributed by atoms with Crippen LogP contribution in [0.5, 0.6) is 0 Å². The lowest BCUT2D eigenvalue weighted by atomic mass is 10.4. The standard InChI is InChI=1S/C11H27N3O3S/c1-5-12-7-6-9-14(4)18(15,16)13-8-10-17-11(2)3/h11-13H,5-10H2,1-4H3. The average molecular weight is 281 g/mol. The van der Waals surface area contributed by atoms with Gasteiger partial charge in [-0.2, -0.15) is 17.4 Å². The molecule has 0 saturated carbocycles. The van der Waals surface area contributed by atoms with Crippen molar-refractivity contribution in [3.8, 4) is 0 Å². The first-order valence-electron chi connectivity index (χ1n) is 6.43. The molecule has 0 heterocycles. The fraction of sp³-hybridized carbons (Fsp3) is 1.00. The van der Waals surface area contributed by atoms with Gasteiger partial charge in [-0.25, -0.2) is 0 Å². The number of hydrogen-bond acceptors (Lipinski definition) is 4. The molecule has 0 bridgehead atoms. The van der Waals surface area contributed by atoms with Crippen molar-refractivity contribution in [2.24, 2.45) is 0 Å². The lowest BCUT2D eigenvalue weighted by molar-refractivity contribution is 0.0832. The summed E-state index contributed by atoms with van der Waals surface area (Å²) < 4.78 is 32.7. The molecule has 0 aliphatic heterocycles. The van der Waals surface area contributed by atoms with Gasteiger partial charge in [0.2, 0.25) is 0 Å². The van der Waals surface area contributed by atoms with Gasteiger partial charge in [0.15, 0.2) is 0 Å². The Morgan fingerprint density at radius 1 is 1.28 bits per heavy atom. The molecular weight excluding hydrogens is 254 g/mol. The zero-order valence-corrected chi connectivity index (χ0v) is 12.7. The van der Waals surface area contributed by atoms with Crippen molar-refractivity contribution in [2.75, 3.05) is 39.8 Å². The third kappa shape index (κ3) is 8.82. The molecule has 2 N–H and O–H groups in total. The quantitative estimate of drug-likeness (QED) is 0.530. The molecule has 0 fully saturated rings. The van der Waals surface area contributed by atoms with Crippen LogP contribution in [0.2, 0.25) is 0 Å². The van der Waals surface area contributed by atoms with Gasteiger partial charge in [0.1, 0.15) is 0 Å². The molecule has 0 aliphatic rings. The molecule has 0 saturated heterocycles. The number of nitrogens with one attached hydrogen (secondary N) is 2. The van der Waals surface area contributed by atoms with E-state index in [1.165, 1.54) is 4.31 Å². The Morgan fingerprint density at radius 2 is 1.94 bits per heavy atom. The van der Waals surface area contributed by atoms with E-state index in [1.54, 1.807) is 7.05 Å². The molecule has 0 radical (unpaired) electrons. The predicted molar refractivity (Wildman–Crippen MR) is 73.8 cm³/mol. The Hall–Kier alpha value is -0.210. The molecule has 0 rings (SSSR count). The van der Waals surface area contributed by atoms with Gasteiger partial charge < -0.3 is 10.1 Å². The van der Waals surface area contributed by atoms with Crippen LogP contribution in [0.3, 0.4) is 0 Å². The maximum absolute atomic E-state index is 11.8. The second kappa shape index (κ2) is 9.69.